The molecule has 1 aliphatic carbocycles. The second kappa shape index (κ2) is 4.49. The molecular formula is C14H9F3OS. The van der Waals surface area contributed by atoms with E-state index in [4.69, 9.17) is 0 Å². The molecule has 1 fully saturated rings. The van der Waals surface area contributed by atoms with Crippen molar-refractivity contribution in [3.8, 4) is 10.4 Å². The predicted molar refractivity (Wildman–Crippen MR) is 66.7 cm³/mol. The van der Waals surface area contributed by atoms with Crippen LogP contribution in [0, 0.1) is 23.4 Å². The molecule has 1 aliphatic rings. The smallest absolute Gasteiger partial charge is 0.175 e. The Morgan fingerprint density at radius 1 is 1.05 bits per heavy atom. The van der Waals surface area contributed by atoms with E-state index >= 15 is 0 Å². The molecule has 0 unspecified atom stereocenters. The second-order valence-corrected chi connectivity index (χ2v) is 5.63. The maximum Gasteiger partial charge on any atom is 0.175 e. The van der Waals surface area contributed by atoms with Gasteiger partial charge < -0.3 is 0 Å². The highest BCUT2D eigenvalue weighted by atomic mass is 32.1. The van der Waals surface area contributed by atoms with E-state index in [1.54, 1.807) is 12.1 Å². The Kier molecular flexibility index (Phi) is 2.93. The van der Waals surface area contributed by atoms with Gasteiger partial charge in [0.05, 0.1) is 4.88 Å². The fourth-order valence-corrected chi connectivity index (χ4v) is 2.92. The van der Waals surface area contributed by atoms with Crippen molar-refractivity contribution in [3.05, 3.63) is 46.6 Å². The summed E-state index contributed by atoms with van der Waals surface area (Å²) < 4.78 is 39.6. The number of thiophene rings is 1. The Balaban J connectivity index is 1.98. The average Bonchev–Trinajstić information content (AvgIpc) is 3.11. The molecule has 0 radical (unpaired) electrons. The van der Waals surface area contributed by atoms with Crippen LogP contribution in [0.2, 0.25) is 0 Å². The van der Waals surface area contributed by atoms with E-state index in [9.17, 15) is 18.0 Å². The second-order valence-electron chi connectivity index (χ2n) is 4.55. The van der Waals surface area contributed by atoms with Crippen molar-refractivity contribution in [3.63, 3.8) is 0 Å². The quantitative estimate of drug-likeness (QED) is 0.601. The number of halogens is 3. The molecule has 3 rings (SSSR count). The van der Waals surface area contributed by atoms with Crippen LogP contribution in [-0.4, -0.2) is 5.78 Å². The molecule has 1 aromatic carbocycles. The fourth-order valence-electron chi connectivity index (χ4n) is 1.87. The van der Waals surface area contributed by atoms with Crippen LogP contribution in [0.4, 0.5) is 13.2 Å². The first-order valence-corrected chi connectivity index (χ1v) is 6.67. The van der Waals surface area contributed by atoms with Gasteiger partial charge in [-0.3, -0.25) is 4.79 Å². The predicted octanol–water partition coefficient (Wildman–Crippen LogP) is 4.43. The normalized spacial score (nSPS) is 14.7. The molecule has 1 heterocycles. The standard InChI is InChI=1S/C14H9F3OS/c15-9-6-11(17)10(16)5-8(9)12-3-4-13(19-12)14(18)7-1-2-7/h3-7H,1-2H2. The van der Waals surface area contributed by atoms with Gasteiger partial charge in [-0.15, -0.1) is 11.3 Å². The summed E-state index contributed by atoms with van der Waals surface area (Å²) in [4.78, 5) is 12.8. The van der Waals surface area contributed by atoms with E-state index < -0.39 is 17.5 Å². The first kappa shape index (κ1) is 12.4. The lowest BCUT2D eigenvalue weighted by atomic mass is 10.1. The summed E-state index contributed by atoms with van der Waals surface area (Å²) in [5, 5.41) is 0. The third kappa shape index (κ3) is 2.30. The lowest BCUT2D eigenvalue weighted by molar-refractivity contribution is 0.0971. The van der Waals surface area contributed by atoms with Crippen molar-refractivity contribution >= 4 is 17.1 Å². The first-order chi connectivity index (χ1) is 9.06. The van der Waals surface area contributed by atoms with E-state index in [-0.39, 0.29) is 17.3 Å². The van der Waals surface area contributed by atoms with E-state index in [0.717, 1.165) is 30.2 Å². The van der Waals surface area contributed by atoms with Crippen molar-refractivity contribution in [1.29, 1.82) is 0 Å². The van der Waals surface area contributed by atoms with Crippen molar-refractivity contribution < 1.29 is 18.0 Å². The van der Waals surface area contributed by atoms with Crippen LogP contribution >= 0.6 is 11.3 Å². The van der Waals surface area contributed by atoms with Gasteiger partial charge in [-0.1, -0.05) is 0 Å². The van der Waals surface area contributed by atoms with E-state index in [0.29, 0.717) is 15.8 Å². The van der Waals surface area contributed by atoms with E-state index in [2.05, 4.69) is 0 Å². The summed E-state index contributed by atoms with van der Waals surface area (Å²) in [7, 11) is 0. The summed E-state index contributed by atoms with van der Waals surface area (Å²) >= 11 is 1.11. The van der Waals surface area contributed by atoms with Gasteiger partial charge in [0.2, 0.25) is 0 Å². The Labute approximate surface area is 111 Å². The molecule has 2 aromatic rings. The van der Waals surface area contributed by atoms with Gasteiger partial charge in [0.25, 0.3) is 0 Å². The molecule has 1 saturated carbocycles. The molecule has 0 N–H and O–H groups in total. The maximum absolute atomic E-state index is 13.6. The molecule has 0 bridgehead atoms. The van der Waals surface area contributed by atoms with Gasteiger partial charge in [-0.25, -0.2) is 13.2 Å². The minimum Gasteiger partial charge on any atom is -0.293 e. The monoisotopic (exact) mass is 282 g/mol. The largest absolute Gasteiger partial charge is 0.293 e. The molecule has 98 valence electrons. The molecule has 1 nitrogen and oxygen atoms in total. The summed E-state index contributed by atoms with van der Waals surface area (Å²) in [6.07, 6.45) is 1.79. The number of ketones is 1. The van der Waals surface area contributed by atoms with Crippen molar-refractivity contribution in [2.45, 2.75) is 12.8 Å². The van der Waals surface area contributed by atoms with Crippen LogP contribution in [0.3, 0.4) is 0 Å². The Hall–Kier alpha value is -1.62. The van der Waals surface area contributed by atoms with Gasteiger partial charge in [0, 0.05) is 22.4 Å². The van der Waals surface area contributed by atoms with Gasteiger partial charge in [-0.05, 0) is 31.0 Å². The summed E-state index contributed by atoms with van der Waals surface area (Å²) in [5.74, 6) is -3.00. The van der Waals surface area contributed by atoms with Crippen LogP contribution in [0.25, 0.3) is 10.4 Å². The van der Waals surface area contributed by atoms with Crippen molar-refractivity contribution in [1.82, 2.24) is 0 Å². The third-order valence-corrected chi connectivity index (χ3v) is 4.21. The van der Waals surface area contributed by atoms with Crippen LogP contribution in [0.15, 0.2) is 24.3 Å². The zero-order valence-corrected chi connectivity index (χ0v) is 10.6. The average molecular weight is 282 g/mol. The molecule has 0 saturated heterocycles. The van der Waals surface area contributed by atoms with E-state index in [1.165, 1.54) is 0 Å². The van der Waals surface area contributed by atoms with Gasteiger partial charge in [0.15, 0.2) is 17.4 Å². The minimum atomic E-state index is -1.22. The molecule has 5 heteroatoms. The van der Waals surface area contributed by atoms with Crippen LogP contribution in [-0.2, 0) is 0 Å². The summed E-state index contributed by atoms with van der Waals surface area (Å²) in [6.45, 7) is 0. The summed E-state index contributed by atoms with van der Waals surface area (Å²) in [6, 6.07) is 4.52. The van der Waals surface area contributed by atoms with Gasteiger partial charge in [0.1, 0.15) is 5.82 Å². The minimum absolute atomic E-state index is 0.0150. The molecule has 19 heavy (non-hydrogen) atoms. The number of Topliss-reactive ketones (excluding diaryl/α,β-unsaturated/α-hetero) is 1. The first-order valence-electron chi connectivity index (χ1n) is 5.85. The van der Waals surface area contributed by atoms with E-state index in [1.807, 2.05) is 0 Å². The molecule has 1 aromatic heterocycles. The zero-order valence-electron chi connectivity index (χ0n) is 9.75. The highest BCUT2D eigenvalue weighted by Crippen LogP contribution is 2.37. The fraction of sp³-hybridized carbons (Fsp3) is 0.214. The van der Waals surface area contributed by atoms with Gasteiger partial charge >= 0.3 is 0 Å². The lowest BCUT2D eigenvalue weighted by Gasteiger charge is -2.01. The number of carbonyl (C=O) groups excluding carboxylic acids is 1. The SMILES string of the molecule is O=C(c1ccc(-c2cc(F)c(F)cc2F)s1)C1CC1. The lowest BCUT2D eigenvalue weighted by Crippen LogP contribution is -1.96. The molecule has 0 spiro atoms. The number of benzene rings is 1. The Morgan fingerprint density at radius 3 is 2.42 bits per heavy atom. The van der Waals surface area contributed by atoms with Crippen LogP contribution in [0.1, 0.15) is 22.5 Å². The van der Waals surface area contributed by atoms with Crippen LogP contribution < -0.4 is 0 Å². The summed E-state index contributed by atoms with van der Waals surface area (Å²) in [5.41, 5.74) is -0.0150. The van der Waals surface area contributed by atoms with Crippen LogP contribution in [0.5, 0.6) is 0 Å². The number of carbonyl (C=O) groups is 1. The topological polar surface area (TPSA) is 17.1 Å². The number of hydrogen-bond acceptors (Lipinski definition) is 2. The third-order valence-electron chi connectivity index (χ3n) is 3.07. The zero-order chi connectivity index (χ0) is 13.6. The van der Waals surface area contributed by atoms with Gasteiger partial charge in [-0.2, -0.15) is 0 Å². The molecule has 0 amide bonds. The highest BCUT2D eigenvalue weighted by molar-refractivity contribution is 7.17. The Bertz CT molecular complexity index is 659. The molecular weight excluding hydrogens is 273 g/mol. The van der Waals surface area contributed by atoms with Crippen molar-refractivity contribution in [2.75, 3.05) is 0 Å². The molecule has 0 atom stereocenters. The number of rotatable bonds is 3. The molecule has 0 aliphatic heterocycles. The maximum atomic E-state index is 13.6. The number of hydrogen-bond donors (Lipinski definition) is 0. The Morgan fingerprint density at radius 2 is 1.74 bits per heavy atom. The van der Waals surface area contributed by atoms with Crippen molar-refractivity contribution in [2.24, 2.45) is 5.92 Å². The highest BCUT2D eigenvalue weighted by Gasteiger charge is 2.31.